The monoisotopic (exact) mass is 317 g/mol. The van der Waals surface area contributed by atoms with Gasteiger partial charge in [-0.25, -0.2) is 8.42 Å². The van der Waals surface area contributed by atoms with Gasteiger partial charge in [-0.1, -0.05) is 30.4 Å². The van der Waals surface area contributed by atoms with Crippen molar-refractivity contribution in [1.29, 1.82) is 0 Å². The molecule has 1 aromatic heterocycles. The van der Waals surface area contributed by atoms with Crippen LogP contribution < -0.4 is 4.31 Å². The van der Waals surface area contributed by atoms with Gasteiger partial charge in [-0.3, -0.25) is 8.99 Å². The Balaban J connectivity index is 2.19. The summed E-state index contributed by atoms with van der Waals surface area (Å²) in [5, 5.41) is 4.25. The van der Waals surface area contributed by atoms with Crippen molar-refractivity contribution in [3.63, 3.8) is 0 Å². The molecule has 0 saturated carbocycles. The van der Waals surface area contributed by atoms with Gasteiger partial charge < -0.3 is 0 Å². The van der Waals surface area contributed by atoms with Crippen LogP contribution in [0.5, 0.6) is 0 Å². The number of para-hydroxylation sites is 1. The molecule has 0 fully saturated rings. The van der Waals surface area contributed by atoms with Crippen molar-refractivity contribution in [2.24, 2.45) is 7.05 Å². The zero-order valence-corrected chi connectivity index (χ0v) is 13.8. The molecule has 6 heteroatoms. The Kier molecular flexibility index (Phi) is 3.56. The highest BCUT2D eigenvalue weighted by Crippen LogP contribution is 2.32. The van der Waals surface area contributed by atoms with Crippen LogP contribution in [0.4, 0.5) is 5.69 Å². The smallest absolute Gasteiger partial charge is 0.268 e. The summed E-state index contributed by atoms with van der Waals surface area (Å²) in [4.78, 5) is 0.312. The topological polar surface area (TPSA) is 55.2 Å². The van der Waals surface area contributed by atoms with Crippen LogP contribution in [0.1, 0.15) is 23.4 Å². The van der Waals surface area contributed by atoms with Gasteiger partial charge in [0.1, 0.15) is 4.90 Å². The number of rotatable bonds is 2. The minimum atomic E-state index is -3.63. The average Bonchev–Trinajstić information content (AvgIpc) is 2.66. The lowest BCUT2D eigenvalue weighted by Crippen LogP contribution is -2.32. The van der Waals surface area contributed by atoms with Crippen LogP contribution in [0, 0.1) is 13.8 Å². The number of sulfonamides is 1. The second-order valence-corrected chi connectivity index (χ2v) is 7.25. The third-order valence-electron chi connectivity index (χ3n) is 3.99. The second-order valence-electron chi connectivity index (χ2n) is 5.45. The van der Waals surface area contributed by atoms with Crippen molar-refractivity contribution in [3.8, 4) is 0 Å². The lowest BCUT2D eigenvalue weighted by atomic mass is 10.2. The summed E-state index contributed by atoms with van der Waals surface area (Å²) in [6.45, 7) is 3.96. The summed E-state index contributed by atoms with van der Waals surface area (Å²) >= 11 is 0. The van der Waals surface area contributed by atoms with E-state index < -0.39 is 10.0 Å². The lowest BCUT2D eigenvalue weighted by Gasteiger charge is -2.24. The van der Waals surface area contributed by atoms with Crippen LogP contribution in [-0.2, 0) is 17.1 Å². The van der Waals surface area contributed by atoms with Crippen LogP contribution in [-0.4, -0.2) is 24.7 Å². The van der Waals surface area contributed by atoms with Gasteiger partial charge in [0.05, 0.1) is 17.1 Å². The number of nitrogens with zero attached hydrogens (tertiary/aromatic N) is 3. The maximum absolute atomic E-state index is 13.2. The van der Waals surface area contributed by atoms with E-state index in [1.54, 1.807) is 25.6 Å². The van der Waals surface area contributed by atoms with Crippen molar-refractivity contribution in [2.45, 2.75) is 25.2 Å². The largest absolute Gasteiger partial charge is 0.271 e. The molecule has 0 amide bonds. The van der Waals surface area contributed by atoms with E-state index in [1.807, 2.05) is 36.4 Å². The Morgan fingerprint density at radius 3 is 2.59 bits per heavy atom. The lowest BCUT2D eigenvalue weighted by molar-refractivity contribution is 0.589. The molecule has 0 bridgehead atoms. The van der Waals surface area contributed by atoms with Crippen molar-refractivity contribution in [2.75, 3.05) is 10.8 Å². The number of anilines is 1. The molecule has 1 aliphatic rings. The van der Waals surface area contributed by atoms with E-state index >= 15 is 0 Å². The molecule has 0 aliphatic carbocycles. The van der Waals surface area contributed by atoms with Gasteiger partial charge in [-0.15, -0.1) is 0 Å². The fourth-order valence-electron chi connectivity index (χ4n) is 2.87. The van der Waals surface area contributed by atoms with Crippen LogP contribution >= 0.6 is 0 Å². The summed E-state index contributed by atoms with van der Waals surface area (Å²) in [5.74, 6) is 0. The van der Waals surface area contributed by atoms with E-state index in [9.17, 15) is 8.42 Å². The molecule has 0 radical (unpaired) electrons. The number of aryl methyl sites for hydroxylation is 2. The molecule has 3 rings (SSSR count). The molecule has 1 aliphatic heterocycles. The molecule has 0 atom stereocenters. The predicted molar refractivity (Wildman–Crippen MR) is 87.3 cm³/mol. The summed E-state index contributed by atoms with van der Waals surface area (Å²) < 4.78 is 29.5. The first kappa shape index (κ1) is 14.8. The molecule has 116 valence electrons. The first-order chi connectivity index (χ1) is 10.4. The van der Waals surface area contributed by atoms with E-state index in [0.29, 0.717) is 29.2 Å². The quantitative estimate of drug-likeness (QED) is 0.855. The van der Waals surface area contributed by atoms with Gasteiger partial charge >= 0.3 is 0 Å². The Morgan fingerprint density at radius 1 is 1.18 bits per heavy atom. The minimum absolute atomic E-state index is 0.312. The summed E-state index contributed by atoms with van der Waals surface area (Å²) in [5.41, 5.74) is 2.84. The van der Waals surface area contributed by atoms with E-state index in [2.05, 4.69) is 5.10 Å². The summed E-state index contributed by atoms with van der Waals surface area (Å²) in [6, 6.07) is 7.57. The van der Waals surface area contributed by atoms with Gasteiger partial charge in [-0.05, 0) is 31.9 Å². The SMILES string of the molecule is Cc1nn(C)c(C)c1S(=O)(=O)N1CCC=Cc2ccccc21. The molecule has 22 heavy (non-hydrogen) atoms. The zero-order chi connectivity index (χ0) is 15.9. The van der Waals surface area contributed by atoms with Gasteiger partial charge in [0.15, 0.2) is 0 Å². The van der Waals surface area contributed by atoms with Crippen molar-refractivity contribution in [3.05, 3.63) is 47.3 Å². The van der Waals surface area contributed by atoms with Gasteiger partial charge in [0.2, 0.25) is 0 Å². The van der Waals surface area contributed by atoms with Crippen molar-refractivity contribution in [1.82, 2.24) is 9.78 Å². The first-order valence-corrected chi connectivity index (χ1v) is 8.65. The molecule has 0 saturated heterocycles. The van der Waals surface area contributed by atoms with Crippen LogP contribution in [0.25, 0.3) is 6.08 Å². The second kappa shape index (κ2) is 5.28. The highest BCUT2D eigenvalue weighted by molar-refractivity contribution is 7.93. The Morgan fingerprint density at radius 2 is 1.91 bits per heavy atom. The van der Waals surface area contributed by atoms with Crippen LogP contribution in [0.2, 0.25) is 0 Å². The number of benzene rings is 1. The molecule has 0 unspecified atom stereocenters. The average molecular weight is 317 g/mol. The first-order valence-electron chi connectivity index (χ1n) is 7.21. The zero-order valence-electron chi connectivity index (χ0n) is 12.9. The molecule has 0 N–H and O–H groups in total. The summed E-state index contributed by atoms with van der Waals surface area (Å²) in [7, 11) is -1.87. The standard InChI is InChI=1S/C16H19N3O2S/c1-12-16(13(2)18(3)17-12)22(20,21)19-11-7-6-9-14-8-4-5-10-15(14)19/h4-6,8-10H,7,11H2,1-3H3. The van der Waals surface area contributed by atoms with E-state index in [0.717, 1.165) is 11.3 Å². The van der Waals surface area contributed by atoms with Gasteiger partial charge in [-0.2, -0.15) is 5.10 Å². The third-order valence-corrected chi connectivity index (χ3v) is 6.06. The van der Waals surface area contributed by atoms with Crippen molar-refractivity contribution >= 4 is 21.8 Å². The molecule has 1 aromatic carbocycles. The van der Waals surface area contributed by atoms with E-state index in [4.69, 9.17) is 0 Å². The molecule has 0 spiro atoms. The maximum atomic E-state index is 13.2. The minimum Gasteiger partial charge on any atom is -0.271 e. The van der Waals surface area contributed by atoms with E-state index in [-0.39, 0.29) is 0 Å². The third kappa shape index (κ3) is 2.23. The molecule has 5 nitrogen and oxygen atoms in total. The highest BCUT2D eigenvalue weighted by Gasteiger charge is 2.31. The predicted octanol–water partition coefficient (Wildman–Crippen LogP) is 2.65. The Hall–Kier alpha value is -2.08. The molecule has 2 aromatic rings. The van der Waals surface area contributed by atoms with Gasteiger partial charge in [0.25, 0.3) is 10.0 Å². The fraction of sp³-hybridized carbons (Fsp3) is 0.312. The molecular weight excluding hydrogens is 298 g/mol. The van der Waals surface area contributed by atoms with E-state index in [1.165, 1.54) is 4.31 Å². The number of hydrogen-bond donors (Lipinski definition) is 0. The molecule has 2 heterocycles. The highest BCUT2D eigenvalue weighted by atomic mass is 32.2. The number of fused-ring (bicyclic) bond motifs is 1. The van der Waals surface area contributed by atoms with Crippen molar-refractivity contribution < 1.29 is 8.42 Å². The molecular formula is C16H19N3O2S. The summed E-state index contributed by atoms with van der Waals surface area (Å²) in [6.07, 6.45) is 4.68. The fourth-order valence-corrected chi connectivity index (χ4v) is 4.78. The normalized spacial score (nSPS) is 14.8. The maximum Gasteiger partial charge on any atom is 0.268 e. The van der Waals surface area contributed by atoms with Crippen LogP contribution in [0.15, 0.2) is 35.2 Å². The Bertz CT molecular complexity index is 850. The number of hydrogen-bond acceptors (Lipinski definition) is 3. The van der Waals surface area contributed by atoms with Crippen LogP contribution in [0.3, 0.4) is 0 Å². The number of aromatic nitrogens is 2. The van der Waals surface area contributed by atoms with Gasteiger partial charge in [0, 0.05) is 13.6 Å². The Labute approximate surface area is 130 Å².